The van der Waals surface area contributed by atoms with E-state index in [4.69, 9.17) is 5.11 Å². The first-order valence-corrected chi connectivity index (χ1v) is 5.23. The Hall–Kier alpha value is -2.44. The average molecular weight is 252 g/mol. The van der Waals surface area contributed by atoms with Crippen LogP contribution in [-0.2, 0) is 11.2 Å². The lowest BCUT2D eigenvalue weighted by Crippen LogP contribution is -2.29. The second-order valence-electron chi connectivity index (χ2n) is 3.53. The van der Waals surface area contributed by atoms with E-state index in [1.807, 2.05) is 0 Å². The van der Waals surface area contributed by atoms with Gasteiger partial charge in [-0.15, -0.1) is 0 Å². The molecule has 1 rings (SSSR count). The summed E-state index contributed by atoms with van der Waals surface area (Å²) in [5, 5.41) is 21.3. The fourth-order valence-electron chi connectivity index (χ4n) is 1.46. The van der Waals surface area contributed by atoms with Crippen LogP contribution in [-0.4, -0.2) is 28.5 Å². The lowest BCUT2D eigenvalue weighted by molar-refractivity contribution is -0.384. The van der Waals surface area contributed by atoms with Gasteiger partial charge < -0.3 is 10.4 Å². The van der Waals surface area contributed by atoms with Gasteiger partial charge >= 0.3 is 5.97 Å². The number of rotatable bonds is 5. The lowest BCUT2D eigenvalue weighted by Gasteiger charge is -2.07. The van der Waals surface area contributed by atoms with E-state index in [0.717, 1.165) is 0 Å². The molecule has 0 unspecified atom stereocenters. The van der Waals surface area contributed by atoms with Gasteiger partial charge in [0.15, 0.2) is 0 Å². The highest BCUT2D eigenvalue weighted by Gasteiger charge is 2.15. The number of hydrogen-bond acceptors (Lipinski definition) is 4. The molecule has 7 heteroatoms. The van der Waals surface area contributed by atoms with Crippen molar-refractivity contribution in [2.45, 2.75) is 13.3 Å². The molecule has 1 aromatic rings. The van der Waals surface area contributed by atoms with Crippen LogP contribution in [0.4, 0.5) is 5.69 Å². The number of aliphatic carboxylic acids is 1. The SMILES string of the molecule is CCc1cc([N+](=O)[O-])ccc1C(=O)NCC(=O)O. The van der Waals surface area contributed by atoms with Gasteiger partial charge in [0.25, 0.3) is 11.6 Å². The van der Waals surface area contributed by atoms with Gasteiger partial charge in [-0.25, -0.2) is 0 Å². The van der Waals surface area contributed by atoms with Crippen molar-refractivity contribution >= 4 is 17.6 Å². The quantitative estimate of drug-likeness (QED) is 0.599. The number of amides is 1. The Labute approximate surface area is 103 Å². The van der Waals surface area contributed by atoms with E-state index in [1.165, 1.54) is 18.2 Å². The minimum atomic E-state index is -1.15. The molecule has 2 N–H and O–H groups in total. The van der Waals surface area contributed by atoms with Crippen LogP contribution in [0, 0.1) is 10.1 Å². The first kappa shape index (κ1) is 13.6. The molecule has 0 bridgehead atoms. The molecular weight excluding hydrogens is 240 g/mol. The number of nitrogens with zero attached hydrogens (tertiary/aromatic N) is 1. The Bertz CT molecular complexity index is 498. The molecule has 7 nitrogen and oxygen atoms in total. The number of carboxylic acids is 1. The maximum Gasteiger partial charge on any atom is 0.322 e. The summed E-state index contributed by atoms with van der Waals surface area (Å²) in [7, 11) is 0. The van der Waals surface area contributed by atoms with E-state index in [9.17, 15) is 19.7 Å². The number of hydrogen-bond donors (Lipinski definition) is 2. The smallest absolute Gasteiger partial charge is 0.322 e. The zero-order valence-electron chi connectivity index (χ0n) is 9.67. The average Bonchev–Trinajstić information content (AvgIpc) is 2.34. The standard InChI is InChI=1S/C11H12N2O5/c1-2-7-5-8(13(17)18)3-4-9(7)11(16)12-6-10(14)15/h3-5H,2,6H2,1H3,(H,12,16)(H,14,15). The first-order valence-electron chi connectivity index (χ1n) is 5.23. The van der Waals surface area contributed by atoms with Crippen LogP contribution in [0.2, 0.25) is 0 Å². The summed E-state index contributed by atoms with van der Waals surface area (Å²) in [6.45, 7) is 1.27. The second kappa shape index (κ2) is 5.76. The van der Waals surface area contributed by atoms with Crippen LogP contribution < -0.4 is 5.32 Å². The number of carboxylic acid groups (broad SMARTS) is 1. The van der Waals surface area contributed by atoms with Crippen molar-refractivity contribution in [2.24, 2.45) is 0 Å². The molecule has 0 aliphatic rings. The Morgan fingerprint density at radius 2 is 2.11 bits per heavy atom. The molecule has 0 atom stereocenters. The fourth-order valence-corrected chi connectivity index (χ4v) is 1.46. The monoisotopic (exact) mass is 252 g/mol. The number of nitrogens with one attached hydrogen (secondary N) is 1. The molecule has 0 radical (unpaired) electrons. The third kappa shape index (κ3) is 3.27. The number of non-ortho nitro benzene ring substituents is 1. The number of aryl methyl sites for hydroxylation is 1. The summed E-state index contributed by atoms with van der Waals surface area (Å²) in [6.07, 6.45) is 0.442. The number of carbonyl (C=O) groups is 2. The van der Waals surface area contributed by atoms with Gasteiger partial charge in [0, 0.05) is 17.7 Å². The first-order chi connectivity index (χ1) is 8.45. The van der Waals surface area contributed by atoms with E-state index >= 15 is 0 Å². The van der Waals surface area contributed by atoms with Gasteiger partial charge in [0.1, 0.15) is 6.54 Å². The molecule has 0 aliphatic carbocycles. The molecule has 0 heterocycles. The van der Waals surface area contributed by atoms with Gasteiger partial charge in [-0.3, -0.25) is 19.7 Å². The minimum Gasteiger partial charge on any atom is -0.480 e. The predicted octanol–water partition coefficient (Wildman–Crippen LogP) is 0.972. The third-order valence-electron chi connectivity index (χ3n) is 2.33. The summed E-state index contributed by atoms with van der Waals surface area (Å²) in [4.78, 5) is 32.0. The highest BCUT2D eigenvalue weighted by Crippen LogP contribution is 2.18. The van der Waals surface area contributed by atoms with Crippen LogP contribution in [0.15, 0.2) is 18.2 Å². The van der Waals surface area contributed by atoms with Crippen molar-refractivity contribution in [2.75, 3.05) is 6.54 Å². The zero-order valence-corrected chi connectivity index (χ0v) is 9.67. The molecule has 0 aromatic heterocycles. The van der Waals surface area contributed by atoms with Crippen LogP contribution in [0.5, 0.6) is 0 Å². The van der Waals surface area contributed by atoms with Gasteiger partial charge in [0.2, 0.25) is 0 Å². The maximum absolute atomic E-state index is 11.7. The second-order valence-corrected chi connectivity index (χ2v) is 3.53. The lowest BCUT2D eigenvalue weighted by atomic mass is 10.0. The Morgan fingerprint density at radius 3 is 2.61 bits per heavy atom. The normalized spacial score (nSPS) is 9.83. The molecule has 1 aromatic carbocycles. The van der Waals surface area contributed by atoms with Gasteiger partial charge in [-0.1, -0.05) is 6.92 Å². The Morgan fingerprint density at radius 1 is 1.44 bits per heavy atom. The van der Waals surface area contributed by atoms with E-state index in [2.05, 4.69) is 5.32 Å². The third-order valence-corrected chi connectivity index (χ3v) is 2.33. The van der Waals surface area contributed by atoms with E-state index in [0.29, 0.717) is 12.0 Å². The number of nitro benzene ring substituents is 1. The molecule has 1 amide bonds. The number of carbonyl (C=O) groups excluding carboxylic acids is 1. The maximum atomic E-state index is 11.7. The van der Waals surface area contributed by atoms with E-state index < -0.39 is 23.3 Å². The van der Waals surface area contributed by atoms with Gasteiger partial charge in [0.05, 0.1) is 4.92 Å². The number of nitro groups is 1. The Balaban J connectivity index is 2.98. The molecular formula is C11H12N2O5. The molecule has 18 heavy (non-hydrogen) atoms. The minimum absolute atomic E-state index is 0.0957. The molecule has 0 saturated carbocycles. The van der Waals surface area contributed by atoms with Gasteiger partial charge in [-0.05, 0) is 18.1 Å². The topological polar surface area (TPSA) is 110 Å². The van der Waals surface area contributed by atoms with Crippen molar-refractivity contribution in [1.29, 1.82) is 0 Å². The van der Waals surface area contributed by atoms with Crippen LogP contribution >= 0.6 is 0 Å². The highest BCUT2D eigenvalue weighted by atomic mass is 16.6. The Kier molecular flexibility index (Phi) is 4.36. The molecule has 0 spiro atoms. The van der Waals surface area contributed by atoms with Crippen molar-refractivity contribution in [3.63, 3.8) is 0 Å². The highest BCUT2D eigenvalue weighted by molar-refractivity contribution is 5.97. The van der Waals surface area contributed by atoms with Crippen molar-refractivity contribution in [1.82, 2.24) is 5.32 Å². The number of benzene rings is 1. The summed E-state index contributed by atoms with van der Waals surface area (Å²) >= 11 is 0. The van der Waals surface area contributed by atoms with E-state index in [-0.39, 0.29) is 11.3 Å². The van der Waals surface area contributed by atoms with Crippen LogP contribution in [0.1, 0.15) is 22.8 Å². The van der Waals surface area contributed by atoms with Crippen LogP contribution in [0.3, 0.4) is 0 Å². The largest absolute Gasteiger partial charge is 0.480 e. The summed E-state index contributed by atoms with van der Waals surface area (Å²) in [5.41, 5.74) is 0.665. The van der Waals surface area contributed by atoms with Crippen molar-refractivity contribution in [3.05, 3.63) is 39.4 Å². The molecule has 0 fully saturated rings. The molecule has 0 saturated heterocycles. The van der Waals surface area contributed by atoms with Crippen LogP contribution in [0.25, 0.3) is 0 Å². The summed E-state index contributed by atoms with van der Waals surface area (Å²) < 4.78 is 0. The zero-order chi connectivity index (χ0) is 13.7. The van der Waals surface area contributed by atoms with E-state index in [1.54, 1.807) is 6.92 Å². The van der Waals surface area contributed by atoms with Gasteiger partial charge in [-0.2, -0.15) is 0 Å². The fraction of sp³-hybridized carbons (Fsp3) is 0.273. The van der Waals surface area contributed by atoms with Crippen molar-refractivity contribution < 1.29 is 19.6 Å². The summed E-state index contributed by atoms with van der Waals surface area (Å²) in [5.74, 6) is -1.70. The predicted molar refractivity (Wildman–Crippen MR) is 62.4 cm³/mol. The van der Waals surface area contributed by atoms with Crippen molar-refractivity contribution in [3.8, 4) is 0 Å². The molecule has 0 aliphatic heterocycles. The molecule has 96 valence electrons. The summed E-state index contributed by atoms with van der Waals surface area (Å²) in [6, 6.07) is 3.86.